The van der Waals surface area contributed by atoms with Gasteiger partial charge in [0.1, 0.15) is 74.0 Å². The van der Waals surface area contributed by atoms with Crippen molar-refractivity contribution in [1.82, 2.24) is 0 Å². The molecule has 142 heavy (non-hydrogen) atoms. The molecule has 0 saturated carbocycles. The van der Waals surface area contributed by atoms with Crippen LogP contribution in [0.2, 0.25) is 0 Å². The molecule has 23 nitrogen and oxygen atoms in total. The van der Waals surface area contributed by atoms with Gasteiger partial charge in [-0.1, -0.05) is 184 Å². The summed E-state index contributed by atoms with van der Waals surface area (Å²) in [5.41, 5.74) is 19.4. The summed E-state index contributed by atoms with van der Waals surface area (Å²) < 4.78 is 85.2. The highest BCUT2D eigenvalue weighted by atomic mass is 19.1. The Balaban J connectivity index is 0.000000154. The van der Waals surface area contributed by atoms with Gasteiger partial charge in [-0.2, -0.15) is 38.4 Å². The van der Waals surface area contributed by atoms with Crippen molar-refractivity contribution in [3.05, 3.63) is 381 Å². The number of halogens is 4. The molecule has 0 bridgehead atoms. The second kappa shape index (κ2) is 45.2. The van der Waals surface area contributed by atoms with E-state index in [1.807, 2.05) is 79.7 Å². The summed E-state index contributed by atoms with van der Waals surface area (Å²) in [6.45, 7) is 23.2. The zero-order valence-electron chi connectivity index (χ0n) is 78.0. The molecule has 0 fully saturated rings. The van der Waals surface area contributed by atoms with Crippen LogP contribution in [-0.2, 0) is 38.4 Å². The highest BCUT2D eigenvalue weighted by Crippen LogP contribution is 2.49. The Bertz CT molecular complexity index is 8160. The van der Waals surface area contributed by atoms with E-state index < -0.39 is 45.6 Å². The Labute approximate surface area is 806 Å². The number of hydrogen-bond acceptors (Lipinski definition) is 23. The first-order valence-corrected chi connectivity index (χ1v) is 44.1. The summed E-state index contributed by atoms with van der Waals surface area (Å²) in [7, 11) is 0. The monoisotopic (exact) mass is 1910 g/mol. The van der Waals surface area contributed by atoms with E-state index in [0.29, 0.717) is 96.6 Å². The minimum atomic E-state index is -0.906. The molecule has 5 N–H and O–H groups in total. The minimum Gasteiger partial charge on any atom is -0.508 e. The summed E-state index contributed by atoms with van der Waals surface area (Å²) >= 11 is 0. The van der Waals surface area contributed by atoms with Crippen LogP contribution in [0.5, 0.6) is 28.7 Å². The van der Waals surface area contributed by atoms with E-state index in [9.17, 15) is 67.1 Å². The molecule has 0 saturated heterocycles. The quantitative estimate of drug-likeness (QED) is 0.0627. The molecule has 0 spiro atoms. The first-order chi connectivity index (χ1) is 67.8. The third-order valence-electron chi connectivity index (χ3n) is 23.3. The van der Waals surface area contributed by atoms with Crippen LogP contribution in [0.15, 0.2) is 319 Å². The third kappa shape index (κ3) is 23.2. The lowest BCUT2D eigenvalue weighted by molar-refractivity contribution is -0.193. The van der Waals surface area contributed by atoms with Crippen LogP contribution in [0.1, 0.15) is 132 Å². The fourth-order valence-electron chi connectivity index (χ4n) is 16.4. The molecule has 20 rings (SSSR count). The Morgan fingerprint density at radius 3 is 0.838 bits per heavy atom. The predicted molar refractivity (Wildman–Crippen MR) is 526 cm³/mol. The summed E-state index contributed by atoms with van der Waals surface area (Å²) in [5.74, 6) is -0.242. The van der Waals surface area contributed by atoms with Gasteiger partial charge in [0.05, 0.1) is 0 Å². The molecular weight excluding hydrogens is 1830 g/mol. The highest BCUT2D eigenvalue weighted by Gasteiger charge is 2.28. The Hall–Kier alpha value is -18.1. The molecule has 5 aliphatic carbocycles. The van der Waals surface area contributed by atoms with Crippen molar-refractivity contribution in [3.8, 4) is 141 Å². The highest BCUT2D eigenvalue weighted by molar-refractivity contribution is 6.07. The molecule has 5 aliphatic heterocycles. The summed E-state index contributed by atoms with van der Waals surface area (Å²) in [6, 6.07) is 77.7. The standard InChI is InChI=1S/C23H18F2O3.C22H16F2O3.3C22H18O3.4CO2/c1-11(2)13-4-5-14(12(3)6-13)23-15-7-17(24)19(26)9-21(15)28-22-10-20(27)18(25)8-16(22)23;1-11(2)12-3-5-13(6-4-12)22-14-7-16(23)18(25)9-20(14)27-21-10-19(26)17(24)8-15(21)22;1-13(2)14-3-5-15(6-4-14)22-18-9-7-16(23)11-20(18)25-21-12-17(24)8-10-19(21)22;2*1-13(2)14-4-3-5-15(10-14)22-18-8-6-16(23)11-20(18)25-21-12-17(24)7-9-19(21)22;4*2-1-3/h4-11,26H,1-3H3;3-11,25H,1-2H3;3*3-13,23H,1-2H3;;;;. The molecule has 27 heteroatoms. The van der Waals surface area contributed by atoms with Crippen molar-refractivity contribution in [2.75, 3.05) is 0 Å². The molecule has 0 atom stereocenters. The van der Waals surface area contributed by atoms with Crippen molar-refractivity contribution in [3.63, 3.8) is 0 Å². The normalized spacial score (nSPS) is 10.8. The fraction of sp³-hybridized carbons (Fsp3) is 0.139. The Kier molecular flexibility index (Phi) is 32.8. The molecule has 0 amide bonds. The van der Waals surface area contributed by atoms with Crippen molar-refractivity contribution in [1.29, 1.82) is 0 Å². The third-order valence-corrected chi connectivity index (χ3v) is 23.3. The van der Waals surface area contributed by atoms with Gasteiger partial charge in [-0.25, -0.2) is 17.6 Å². The van der Waals surface area contributed by atoms with E-state index in [4.69, 9.17) is 60.4 Å². The molecule has 714 valence electrons. The van der Waals surface area contributed by atoms with Gasteiger partial charge >= 0.3 is 24.6 Å². The fourth-order valence-corrected chi connectivity index (χ4v) is 16.4. The molecule has 0 unspecified atom stereocenters. The maximum atomic E-state index is 14.1. The van der Waals surface area contributed by atoms with Crippen LogP contribution in [0.4, 0.5) is 17.6 Å². The molecule has 0 radical (unpaired) electrons. The first kappa shape index (κ1) is 103. The smallest absolute Gasteiger partial charge is 0.373 e. The van der Waals surface area contributed by atoms with Gasteiger partial charge < -0.3 is 47.6 Å². The summed E-state index contributed by atoms with van der Waals surface area (Å²) in [4.78, 5) is 124. The number of benzene rings is 15. The van der Waals surface area contributed by atoms with Crippen LogP contribution in [0, 0.1) is 30.2 Å². The van der Waals surface area contributed by atoms with Gasteiger partial charge in [0.25, 0.3) is 0 Å². The topological polar surface area (TPSA) is 389 Å². The van der Waals surface area contributed by atoms with Crippen LogP contribution in [0.3, 0.4) is 0 Å². The first-order valence-electron chi connectivity index (χ1n) is 44.1. The second-order valence-corrected chi connectivity index (χ2v) is 34.2. The molecule has 10 aromatic rings. The van der Waals surface area contributed by atoms with Crippen molar-refractivity contribution in [2.45, 2.75) is 106 Å². The Morgan fingerprint density at radius 2 is 0.514 bits per heavy atom. The number of fused-ring (bicyclic) bond motifs is 10. The maximum Gasteiger partial charge on any atom is 0.373 e. The average molecular weight is 1910 g/mol. The van der Waals surface area contributed by atoms with E-state index in [1.54, 1.807) is 60.7 Å². The van der Waals surface area contributed by atoms with Crippen LogP contribution >= 0.6 is 0 Å². The number of aromatic hydroxyl groups is 5. The molecule has 10 aliphatic rings. The van der Waals surface area contributed by atoms with E-state index in [2.05, 4.69) is 142 Å². The van der Waals surface area contributed by atoms with Crippen molar-refractivity contribution < 1.29 is 104 Å². The van der Waals surface area contributed by atoms with Gasteiger partial charge in [-0.15, -0.1) is 0 Å². The largest absolute Gasteiger partial charge is 0.508 e. The van der Waals surface area contributed by atoms with Crippen molar-refractivity contribution in [2.24, 2.45) is 0 Å². The zero-order chi connectivity index (χ0) is 103. The van der Waals surface area contributed by atoms with Gasteiger partial charge in [-0.05, 0) is 195 Å². The molecule has 5 heterocycles. The van der Waals surface area contributed by atoms with Crippen molar-refractivity contribution >= 4 is 79.5 Å². The van der Waals surface area contributed by atoms with E-state index in [1.165, 1.54) is 47.0 Å². The SMILES string of the molecule is CC(C)c1ccc(-c2c3cc(F)c(=O)cc-3oc3cc(O)c(F)cc23)cc1.CC(C)c1ccc(-c2c3ccc(=O)cc-3oc3cc(O)ccc23)cc1.CC(C)c1cccc(-c2c3ccc(=O)cc-3oc3cc(O)ccc23)c1.CC(C)c1cccc(-c2c3ccc(=O)cc-3oc3cc(O)ccc23)c1.Cc1cc(C(C)C)ccc1-c1c2cc(F)c(=O)cc-2oc2cc(O)c(F)cc12.O=C=O.O=C=O.O=C=O.O=C=O. The lowest BCUT2D eigenvalue weighted by Crippen LogP contribution is -2.07. The number of aryl methyl sites for hydroxylation is 1. The van der Waals surface area contributed by atoms with Gasteiger partial charge in [0.15, 0.2) is 51.1 Å². The minimum absolute atomic E-state index is 0.0994. The summed E-state index contributed by atoms with van der Waals surface area (Å²) in [5, 5.41) is 52.3. The van der Waals surface area contributed by atoms with Gasteiger partial charge in [0, 0.05) is 143 Å². The predicted octanol–water partition coefficient (Wildman–Crippen LogP) is 25.5. The van der Waals surface area contributed by atoms with E-state index in [-0.39, 0.29) is 80.8 Å². The Morgan fingerprint density at radius 1 is 0.239 bits per heavy atom. The zero-order valence-corrected chi connectivity index (χ0v) is 78.0. The van der Waals surface area contributed by atoms with Gasteiger partial charge in [-0.3, -0.25) is 24.0 Å². The average Bonchev–Trinajstić information content (AvgIpc) is 0.741. The van der Waals surface area contributed by atoms with Crippen LogP contribution in [-0.4, -0.2) is 50.1 Å². The molecular formula is C115H88F4O23. The van der Waals surface area contributed by atoms with Crippen LogP contribution in [0.25, 0.3) is 167 Å². The van der Waals surface area contributed by atoms with Gasteiger partial charge in [0.2, 0.25) is 10.9 Å². The summed E-state index contributed by atoms with van der Waals surface area (Å²) in [6.07, 6.45) is 1.00. The van der Waals surface area contributed by atoms with Crippen LogP contribution < -0.4 is 27.1 Å². The second-order valence-electron chi connectivity index (χ2n) is 34.2. The lowest BCUT2D eigenvalue weighted by atomic mass is 9.89. The molecule has 0 aromatic heterocycles. The molecule has 10 aromatic carbocycles. The number of carbonyl (C=O) groups excluding carboxylic acids is 8. The maximum absolute atomic E-state index is 14.1. The number of phenols is 5. The van der Waals surface area contributed by atoms with E-state index >= 15 is 0 Å². The number of phenolic OH excluding ortho intramolecular Hbond substituents is 5. The number of hydrogen-bond donors (Lipinski definition) is 5. The number of rotatable bonds is 10. The van der Waals surface area contributed by atoms with E-state index in [0.717, 1.165) is 130 Å². The lowest BCUT2D eigenvalue weighted by Gasteiger charge is -2.18.